The standard InChI is InChI=1S/C23H30N4O/c1-3-8-19(9-4-1)10-7-14-26-15-13-23(17-26)18-27-21(16-28-23)24-25-22(27)20-11-5-2-6-12-20/h1,3-4,7-10,20H,2,5-6,11-18H2/b10-7+. The lowest BCUT2D eigenvalue weighted by Crippen LogP contribution is -2.44. The summed E-state index contributed by atoms with van der Waals surface area (Å²) in [4.78, 5) is 2.51. The molecule has 3 aliphatic rings. The third-order valence-corrected chi connectivity index (χ3v) is 6.65. The van der Waals surface area contributed by atoms with Gasteiger partial charge in [0.05, 0.1) is 6.54 Å². The second-order valence-corrected chi connectivity index (χ2v) is 8.67. The Morgan fingerprint density at radius 3 is 2.79 bits per heavy atom. The van der Waals surface area contributed by atoms with E-state index in [1.165, 1.54) is 43.5 Å². The molecule has 5 nitrogen and oxygen atoms in total. The van der Waals surface area contributed by atoms with E-state index < -0.39 is 0 Å². The number of nitrogens with zero attached hydrogens (tertiary/aromatic N) is 4. The number of hydrogen-bond donors (Lipinski definition) is 0. The normalized spacial score (nSPS) is 26.3. The molecule has 5 rings (SSSR count). The average Bonchev–Trinajstić information content (AvgIpc) is 3.34. The van der Waals surface area contributed by atoms with Gasteiger partial charge in [-0.15, -0.1) is 10.2 Å². The maximum atomic E-state index is 6.36. The van der Waals surface area contributed by atoms with Crippen molar-refractivity contribution in [1.29, 1.82) is 0 Å². The fourth-order valence-corrected chi connectivity index (χ4v) is 5.07. The molecule has 0 bridgehead atoms. The monoisotopic (exact) mass is 378 g/mol. The van der Waals surface area contributed by atoms with E-state index in [9.17, 15) is 0 Å². The Kier molecular flexibility index (Phi) is 5.03. The molecule has 2 aliphatic heterocycles. The minimum absolute atomic E-state index is 0.0701. The van der Waals surface area contributed by atoms with E-state index in [2.05, 4.69) is 62.1 Å². The van der Waals surface area contributed by atoms with E-state index in [4.69, 9.17) is 4.74 Å². The second-order valence-electron chi connectivity index (χ2n) is 8.67. The summed E-state index contributed by atoms with van der Waals surface area (Å²) >= 11 is 0. The lowest BCUT2D eigenvalue weighted by molar-refractivity contribution is -0.0826. The third kappa shape index (κ3) is 3.65. The Labute approximate surface area is 167 Å². The van der Waals surface area contributed by atoms with Gasteiger partial charge in [0.25, 0.3) is 0 Å². The highest BCUT2D eigenvalue weighted by Gasteiger charge is 2.43. The van der Waals surface area contributed by atoms with Gasteiger partial charge in [0.2, 0.25) is 0 Å². The van der Waals surface area contributed by atoms with Crippen LogP contribution in [0.5, 0.6) is 0 Å². The van der Waals surface area contributed by atoms with Gasteiger partial charge in [-0.05, 0) is 24.8 Å². The van der Waals surface area contributed by atoms with Crippen molar-refractivity contribution in [2.24, 2.45) is 0 Å². The molecule has 2 aromatic rings. The zero-order valence-corrected chi connectivity index (χ0v) is 16.6. The number of benzene rings is 1. The summed E-state index contributed by atoms with van der Waals surface area (Å²) in [5.41, 5.74) is 1.19. The maximum Gasteiger partial charge on any atom is 0.159 e. The molecule has 1 atom stereocenters. The van der Waals surface area contributed by atoms with E-state index in [0.29, 0.717) is 12.5 Å². The topological polar surface area (TPSA) is 43.2 Å². The summed E-state index contributed by atoms with van der Waals surface area (Å²) < 4.78 is 8.76. The molecule has 1 aromatic heterocycles. The molecular formula is C23H30N4O. The van der Waals surface area contributed by atoms with E-state index in [0.717, 1.165) is 38.4 Å². The van der Waals surface area contributed by atoms with Crippen molar-refractivity contribution < 1.29 is 4.74 Å². The molecule has 148 valence electrons. The molecule has 1 saturated carbocycles. The minimum atomic E-state index is -0.0701. The Balaban J connectivity index is 1.24. The van der Waals surface area contributed by atoms with Gasteiger partial charge in [0.1, 0.15) is 18.0 Å². The zero-order chi connectivity index (χ0) is 18.8. The summed E-state index contributed by atoms with van der Waals surface area (Å²) in [6.07, 6.45) is 12.1. The van der Waals surface area contributed by atoms with Crippen molar-refractivity contribution in [3.05, 3.63) is 53.6 Å². The highest BCUT2D eigenvalue weighted by atomic mass is 16.5. The Bertz CT molecular complexity index is 824. The zero-order valence-electron chi connectivity index (χ0n) is 16.6. The quantitative estimate of drug-likeness (QED) is 0.806. The number of rotatable bonds is 4. The predicted molar refractivity (Wildman–Crippen MR) is 110 cm³/mol. The van der Waals surface area contributed by atoms with Crippen LogP contribution in [0.25, 0.3) is 6.08 Å². The molecular weight excluding hydrogens is 348 g/mol. The van der Waals surface area contributed by atoms with Crippen LogP contribution in [0.1, 0.15) is 61.7 Å². The maximum absolute atomic E-state index is 6.36. The van der Waals surface area contributed by atoms with E-state index >= 15 is 0 Å². The summed E-state index contributed by atoms with van der Waals surface area (Å²) in [5, 5.41) is 9.04. The van der Waals surface area contributed by atoms with Crippen molar-refractivity contribution >= 4 is 6.08 Å². The molecule has 5 heteroatoms. The summed E-state index contributed by atoms with van der Waals surface area (Å²) in [6.45, 7) is 4.58. The van der Waals surface area contributed by atoms with Gasteiger partial charge in [-0.1, -0.05) is 61.7 Å². The number of aromatic nitrogens is 3. The molecule has 28 heavy (non-hydrogen) atoms. The molecule has 1 aliphatic carbocycles. The number of ether oxygens (including phenoxy) is 1. The molecule has 0 radical (unpaired) electrons. The van der Waals surface area contributed by atoms with Crippen LogP contribution in [0.15, 0.2) is 36.4 Å². The third-order valence-electron chi connectivity index (χ3n) is 6.65. The Morgan fingerprint density at radius 2 is 1.93 bits per heavy atom. The van der Waals surface area contributed by atoms with E-state index in [1.807, 2.05) is 0 Å². The lowest BCUT2D eigenvalue weighted by Gasteiger charge is -2.35. The minimum Gasteiger partial charge on any atom is -0.364 e. The van der Waals surface area contributed by atoms with Crippen LogP contribution in [0.2, 0.25) is 0 Å². The van der Waals surface area contributed by atoms with E-state index in [1.54, 1.807) is 0 Å². The molecule has 1 aromatic carbocycles. The molecule has 1 unspecified atom stereocenters. The molecule has 1 spiro atoms. The Hall–Kier alpha value is -1.98. The summed E-state index contributed by atoms with van der Waals surface area (Å²) in [6, 6.07) is 10.5. The number of hydrogen-bond acceptors (Lipinski definition) is 4. The van der Waals surface area contributed by atoms with Crippen LogP contribution in [-0.2, 0) is 17.9 Å². The van der Waals surface area contributed by atoms with Crippen molar-refractivity contribution in [1.82, 2.24) is 19.7 Å². The number of likely N-dealkylation sites (tertiary alicyclic amines) is 1. The first-order valence-corrected chi connectivity index (χ1v) is 10.8. The fraction of sp³-hybridized carbons (Fsp3) is 0.565. The highest BCUT2D eigenvalue weighted by molar-refractivity contribution is 5.48. The molecule has 1 saturated heterocycles. The largest absolute Gasteiger partial charge is 0.364 e. The first-order chi connectivity index (χ1) is 13.8. The van der Waals surface area contributed by atoms with E-state index in [-0.39, 0.29) is 5.60 Å². The van der Waals surface area contributed by atoms with Crippen LogP contribution >= 0.6 is 0 Å². The van der Waals surface area contributed by atoms with Crippen LogP contribution in [-0.4, -0.2) is 44.9 Å². The molecule has 0 amide bonds. The fourth-order valence-electron chi connectivity index (χ4n) is 5.07. The summed E-state index contributed by atoms with van der Waals surface area (Å²) in [5.74, 6) is 2.84. The second kappa shape index (κ2) is 7.80. The van der Waals surface area contributed by atoms with Crippen LogP contribution in [0.3, 0.4) is 0 Å². The van der Waals surface area contributed by atoms with Gasteiger partial charge >= 0.3 is 0 Å². The molecule has 0 N–H and O–H groups in total. The molecule has 2 fully saturated rings. The smallest absolute Gasteiger partial charge is 0.159 e. The van der Waals surface area contributed by atoms with Crippen molar-refractivity contribution in [2.45, 2.75) is 63.2 Å². The van der Waals surface area contributed by atoms with Crippen LogP contribution < -0.4 is 0 Å². The highest BCUT2D eigenvalue weighted by Crippen LogP contribution is 2.37. The van der Waals surface area contributed by atoms with Gasteiger partial charge in [-0.3, -0.25) is 4.90 Å². The van der Waals surface area contributed by atoms with Crippen molar-refractivity contribution in [3.63, 3.8) is 0 Å². The number of fused-ring (bicyclic) bond motifs is 1. The van der Waals surface area contributed by atoms with Crippen molar-refractivity contribution in [3.8, 4) is 0 Å². The lowest BCUT2D eigenvalue weighted by atomic mass is 9.88. The van der Waals surface area contributed by atoms with Gasteiger partial charge in [0.15, 0.2) is 5.82 Å². The van der Waals surface area contributed by atoms with Crippen molar-refractivity contribution in [2.75, 3.05) is 19.6 Å². The van der Waals surface area contributed by atoms with Gasteiger partial charge < -0.3 is 9.30 Å². The Morgan fingerprint density at radius 1 is 1.07 bits per heavy atom. The van der Waals surface area contributed by atoms with Gasteiger partial charge in [0, 0.05) is 25.6 Å². The average molecular weight is 379 g/mol. The first-order valence-electron chi connectivity index (χ1n) is 10.8. The van der Waals surface area contributed by atoms with Gasteiger partial charge in [-0.2, -0.15) is 0 Å². The molecule has 3 heterocycles. The predicted octanol–water partition coefficient (Wildman–Crippen LogP) is 4.01. The first kappa shape index (κ1) is 18.1. The SMILES string of the molecule is C(=C\c1ccccc1)/CN1CCC2(C1)Cn1c(nnc1C1CCCCC1)CO2. The van der Waals surface area contributed by atoms with Crippen LogP contribution in [0.4, 0.5) is 0 Å². The van der Waals surface area contributed by atoms with Gasteiger partial charge in [-0.25, -0.2) is 0 Å². The van der Waals surface area contributed by atoms with Crippen LogP contribution in [0, 0.1) is 0 Å². The summed E-state index contributed by atoms with van der Waals surface area (Å²) in [7, 11) is 0.